The summed E-state index contributed by atoms with van der Waals surface area (Å²) in [4.78, 5) is 3.59. The lowest BCUT2D eigenvalue weighted by molar-refractivity contribution is 1.14. The Kier molecular flexibility index (Phi) is 3.66. The number of allylic oxidation sites excluding steroid dienone is 2. The quantitative estimate of drug-likeness (QED) is 0.594. The lowest BCUT2D eigenvalue weighted by Gasteiger charge is -2.05. The summed E-state index contributed by atoms with van der Waals surface area (Å²) in [6.45, 7) is 6.44. The maximum Gasteiger partial charge on any atom is 0.0462 e. The minimum absolute atomic E-state index is 0.945. The molecule has 3 aromatic rings. The number of nitrogens with one attached hydrogen (secondary N) is 1. The van der Waals surface area contributed by atoms with Gasteiger partial charge in [0, 0.05) is 28.6 Å². The first-order valence-corrected chi connectivity index (χ1v) is 7.45. The van der Waals surface area contributed by atoms with Gasteiger partial charge < -0.3 is 4.98 Å². The van der Waals surface area contributed by atoms with Gasteiger partial charge in [0.2, 0.25) is 0 Å². The molecule has 1 aromatic heterocycles. The van der Waals surface area contributed by atoms with Crippen LogP contribution in [0.3, 0.4) is 0 Å². The van der Waals surface area contributed by atoms with Crippen molar-refractivity contribution in [3.8, 4) is 11.1 Å². The Balaban J connectivity index is 2.22. The zero-order valence-electron chi connectivity index (χ0n) is 12.9. The topological polar surface area (TPSA) is 15.8 Å². The van der Waals surface area contributed by atoms with Crippen LogP contribution in [-0.4, -0.2) is 4.98 Å². The SMILES string of the molecule is CC(C)=CCc1[nH]c2ccccc2c1-c1cccc(C)c1. The third-order valence-corrected chi connectivity index (χ3v) is 3.80. The van der Waals surface area contributed by atoms with Crippen LogP contribution in [0.1, 0.15) is 25.1 Å². The molecule has 106 valence electrons. The second kappa shape index (κ2) is 5.61. The molecule has 0 aliphatic heterocycles. The van der Waals surface area contributed by atoms with E-state index in [-0.39, 0.29) is 0 Å². The van der Waals surface area contributed by atoms with E-state index < -0.39 is 0 Å². The number of rotatable bonds is 3. The van der Waals surface area contributed by atoms with Gasteiger partial charge in [-0.15, -0.1) is 0 Å². The third-order valence-electron chi connectivity index (χ3n) is 3.80. The first-order valence-electron chi connectivity index (χ1n) is 7.45. The average Bonchev–Trinajstić information content (AvgIpc) is 2.83. The van der Waals surface area contributed by atoms with E-state index in [2.05, 4.69) is 80.4 Å². The number of H-pyrrole nitrogens is 1. The molecule has 1 heteroatoms. The van der Waals surface area contributed by atoms with E-state index in [0.717, 1.165) is 6.42 Å². The summed E-state index contributed by atoms with van der Waals surface area (Å²) in [6.07, 6.45) is 3.23. The van der Waals surface area contributed by atoms with E-state index in [4.69, 9.17) is 0 Å². The number of benzene rings is 2. The molecule has 0 amide bonds. The van der Waals surface area contributed by atoms with Gasteiger partial charge in [-0.25, -0.2) is 0 Å². The van der Waals surface area contributed by atoms with Crippen LogP contribution in [-0.2, 0) is 6.42 Å². The molecule has 0 radical (unpaired) electrons. The van der Waals surface area contributed by atoms with Gasteiger partial charge in [0.25, 0.3) is 0 Å². The fraction of sp³-hybridized carbons (Fsp3) is 0.200. The Labute approximate surface area is 126 Å². The standard InChI is InChI=1S/C20H21N/c1-14(2)11-12-19-20(16-8-6-7-15(3)13-16)17-9-4-5-10-18(17)21-19/h4-11,13,21H,12H2,1-3H3. The van der Waals surface area contributed by atoms with Crippen molar-refractivity contribution in [1.29, 1.82) is 0 Å². The summed E-state index contributed by atoms with van der Waals surface area (Å²) in [6, 6.07) is 17.3. The van der Waals surface area contributed by atoms with Crippen molar-refractivity contribution in [2.24, 2.45) is 0 Å². The summed E-state index contributed by atoms with van der Waals surface area (Å²) in [5.41, 5.74) is 7.79. The Bertz CT molecular complexity index is 802. The number of hydrogen-bond acceptors (Lipinski definition) is 0. The highest BCUT2D eigenvalue weighted by Gasteiger charge is 2.12. The number of hydrogen-bond donors (Lipinski definition) is 1. The molecule has 1 N–H and O–H groups in total. The highest BCUT2D eigenvalue weighted by atomic mass is 14.7. The normalized spacial score (nSPS) is 10.8. The summed E-state index contributed by atoms with van der Waals surface area (Å²) in [5.74, 6) is 0. The smallest absolute Gasteiger partial charge is 0.0462 e. The minimum Gasteiger partial charge on any atom is -0.358 e. The van der Waals surface area contributed by atoms with E-state index in [1.165, 1.54) is 38.9 Å². The van der Waals surface area contributed by atoms with E-state index in [1.807, 2.05) is 0 Å². The van der Waals surface area contributed by atoms with Crippen LogP contribution in [0.25, 0.3) is 22.0 Å². The predicted molar refractivity (Wildman–Crippen MR) is 91.6 cm³/mol. The maximum atomic E-state index is 3.59. The zero-order chi connectivity index (χ0) is 14.8. The fourth-order valence-corrected chi connectivity index (χ4v) is 2.79. The Hall–Kier alpha value is -2.28. The fourth-order valence-electron chi connectivity index (χ4n) is 2.79. The number of fused-ring (bicyclic) bond motifs is 1. The van der Waals surface area contributed by atoms with Crippen molar-refractivity contribution in [1.82, 2.24) is 4.98 Å². The first-order chi connectivity index (χ1) is 10.1. The van der Waals surface area contributed by atoms with Gasteiger partial charge in [-0.2, -0.15) is 0 Å². The second-order valence-electron chi connectivity index (χ2n) is 5.88. The van der Waals surface area contributed by atoms with Gasteiger partial charge >= 0.3 is 0 Å². The molecule has 0 fully saturated rings. The van der Waals surface area contributed by atoms with Crippen molar-refractivity contribution in [3.63, 3.8) is 0 Å². The minimum atomic E-state index is 0.945. The summed E-state index contributed by atoms with van der Waals surface area (Å²) in [7, 11) is 0. The number of para-hydroxylation sites is 1. The Morgan fingerprint density at radius 3 is 2.62 bits per heavy atom. The lowest BCUT2D eigenvalue weighted by atomic mass is 9.99. The van der Waals surface area contributed by atoms with Crippen molar-refractivity contribution in [2.75, 3.05) is 0 Å². The van der Waals surface area contributed by atoms with Crippen LogP contribution >= 0.6 is 0 Å². The number of aromatic amines is 1. The van der Waals surface area contributed by atoms with E-state index >= 15 is 0 Å². The molecule has 0 saturated carbocycles. The molecule has 0 spiro atoms. The van der Waals surface area contributed by atoms with Crippen LogP contribution in [0.2, 0.25) is 0 Å². The molecule has 0 saturated heterocycles. The van der Waals surface area contributed by atoms with Gasteiger partial charge in [0.05, 0.1) is 0 Å². The number of aromatic nitrogens is 1. The molecule has 1 nitrogen and oxygen atoms in total. The molecular weight excluding hydrogens is 254 g/mol. The number of aryl methyl sites for hydroxylation is 1. The molecule has 0 bridgehead atoms. The lowest BCUT2D eigenvalue weighted by Crippen LogP contribution is -1.87. The van der Waals surface area contributed by atoms with Crippen LogP contribution in [0.4, 0.5) is 0 Å². The van der Waals surface area contributed by atoms with Crippen molar-refractivity contribution < 1.29 is 0 Å². The van der Waals surface area contributed by atoms with Gasteiger partial charge in [0.1, 0.15) is 0 Å². The van der Waals surface area contributed by atoms with Crippen LogP contribution in [0.15, 0.2) is 60.2 Å². The Morgan fingerprint density at radius 1 is 1.05 bits per heavy atom. The first kappa shape index (κ1) is 13.7. The largest absolute Gasteiger partial charge is 0.358 e. The summed E-state index contributed by atoms with van der Waals surface area (Å²) >= 11 is 0. The van der Waals surface area contributed by atoms with Gasteiger partial charge in [-0.05, 0) is 32.4 Å². The van der Waals surface area contributed by atoms with Gasteiger partial charge in [-0.3, -0.25) is 0 Å². The molecule has 0 atom stereocenters. The van der Waals surface area contributed by atoms with Crippen LogP contribution < -0.4 is 0 Å². The van der Waals surface area contributed by atoms with Gasteiger partial charge in [-0.1, -0.05) is 59.7 Å². The van der Waals surface area contributed by atoms with Crippen molar-refractivity contribution in [2.45, 2.75) is 27.2 Å². The molecule has 21 heavy (non-hydrogen) atoms. The molecule has 3 rings (SSSR count). The molecule has 2 aromatic carbocycles. The molecule has 0 unspecified atom stereocenters. The highest BCUT2D eigenvalue weighted by molar-refractivity contribution is 5.97. The van der Waals surface area contributed by atoms with E-state index in [0.29, 0.717) is 0 Å². The Morgan fingerprint density at radius 2 is 1.86 bits per heavy atom. The maximum absolute atomic E-state index is 3.59. The van der Waals surface area contributed by atoms with Crippen molar-refractivity contribution >= 4 is 10.9 Å². The molecular formula is C20H21N. The molecule has 0 aliphatic rings. The third kappa shape index (κ3) is 2.78. The summed E-state index contributed by atoms with van der Waals surface area (Å²) in [5, 5.41) is 1.31. The van der Waals surface area contributed by atoms with E-state index in [1.54, 1.807) is 0 Å². The van der Waals surface area contributed by atoms with E-state index in [9.17, 15) is 0 Å². The van der Waals surface area contributed by atoms with Crippen LogP contribution in [0.5, 0.6) is 0 Å². The molecule has 0 aliphatic carbocycles. The van der Waals surface area contributed by atoms with Gasteiger partial charge in [0.15, 0.2) is 0 Å². The monoisotopic (exact) mass is 275 g/mol. The second-order valence-corrected chi connectivity index (χ2v) is 5.88. The molecule has 1 heterocycles. The highest BCUT2D eigenvalue weighted by Crippen LogP contribution is 2.33. The summed E-state index contributed by atoms with van der Waals surface area (Å²) < 4.78 is 0. The zero-order valence-corrected chi connectivity index (χ0v) is 12.9. The predicted octanol–water partition coefficient (Wildman–Crippen LogP) is 5.65. The van der Waals surface area contributed by atoms with Crippen LogP contribution in [0, 0.1) is 6.92 Å². The van der Waals surface area contributed by atoms with Crippen molar-refractivity contribution in [3.05, 3.63) is 71.4 Å². The average molecular weight is 275 g/mol.